The standard InChI is InChI=1S/C48H28N4O2/c1-4-13-29(14-5-1)32-19-12-20-33(27-32)46-50-45(30-15-6-2-7-16-30)51-47(52-46)40-28-39-36(34-21-10-11-22-35(34)40)23-24-37-38-25-26-41-42(44(38)54-43(37)39)49-48(53-41)31-17-8-3-9-18-31/h1-28H. The fraction of sp³-hybridized carbons (Fsp3) is 0. The predicted octanol–water partition coefficient (Wildman–Crippen LogP) is 12.6. The quantitative estimate of drug-likeness (QED) is 0.167. The van der Waals surface area contributed by atoms with Gasteiger partial charge in [-0.2, -0.15) is 0 Å². The molecule has 0 spiro atoms. The van der Waals surface area contributed by atoms with Crippen LogP contribution in [0.15, 0.2) is 179 Å². The number of fused-ring (bicyclic) bond motifs is 9. The Balaban J connectivity index is 1.16. The summed E-state index contributed by atoms with van der Waals surface area (Å²) in [5, 5.41) is 6.15. The monoisotopic (exact) mass is 692 g/mol. The molecule has 0 radical (unpaired) electrons. The van der Waals surface area contributed by atoms with Crippen molar-refractivity contribution in [2.75, 3.05) is 0 Å². The summed E-state index contributed by atoms with van der Waals surface area (Å²) < 4.78 is 13.0. The molecule has 0 fully saturated rings. The van der Waals surface area contributed by atoms with E-state index in [1.807, 2.05) is 72.8 Å². The van der Waals surface area contributed by atoms with Gasteiger partial charge in [-0.05, 0) is 69.8 Å². The number of rotatable bonds is 5. The van der Waals surface area contributed by atoms with Crippen molar-refractivity contribution in [2.45, 2.75) is 0 Å². The first-order chi connectivity index (χ1) is 26.7. The second kappa shape index (κ2) is 12.1. The zero-order valence-electron chi connectivity index (χ0n) is 28.8. The second-order valence-corrected chi connectivity index (χ2v) is 13.4. The van der Waals surface area contributed by atoms with Crippen LogP contribution < -0.4 is 0 Å². The van der Waals surface area contributed by atoms with E-state index in [-0.39, 0.29) is 0 Å². The maximum absolute atomic E-state index is 6.83. The Hall–Kier alpha value is -7.44. The molecule has 3 aromatic heterocycles. The molecule has 11 rings (SSSR count). The summed E-state index contributed by atoms with van der Waals surface area (Å²) in [6.07, 6.45) is 0. The Bertz CT molecular complexity index is 3210. The Morgan fingerprint density at radius 1 is 0.315 bits per heavy atom. The van der Waals surface area contributed by atoms with Gasteiger partial charge in [-0.15, -0.1) is 0 Å². The number of nitrogens with zero attached hydrogens (tertiary/aromatic N) is 4. The first kappa shape index (κ1) is 30.2. The Morgan fingerprint density at radius 3 is 1.65 bits per heavy atom. The lowest BCUT2D eigenvalue weighted by atomic mass is 9.95. The van der Waals surface area contributed by atoms with E-state index in [1.54, 1.807) is 0 Å². The number of hydrogen-bond acceptors (Lipinski definition) is 6. The molecule has 0 atom stereocenters. The molecule has 6 heteroatoms. The first-order valence-corrected chi connectivity index (χ1v) is 17.9. The molecule has 252 valence electrons. The highest BCUT2D eigenvalue weighted by atomic mass is 16.4. The summed E-state index contributed by atoms with van der Waals surface area (Å²) in [5.74, 6) is 2.35. The molecule has 3 heterocycles. The van der Waals surface area contributed by atoms with Crippen LogP contribution in [0.1, 0.15) is 0 Å². The van der Waals surface area contributed by atoms with Gasteiger partial charge in [0.1, 0.15) is 5.58 Å². The third-order valence-electron chi connectivity index (χ3n) is 10.2. The molecule has 0 amide bonds. The van der Waals surface area contributed by atoms with Gasteiger partial charge in [-0.1, -0.05) is 127 Å². The number of hydrogen-bond donors (Lipinski definition) is 0. The molecule has 8 aromatic carbocycles. The minimum atomic E-state index is 0.561. The summed E-state index contributed by atoms with van der Waals surface area (Å²) in [5.41, 5.74) is 8.71. The summed E-state index contributed by atoms with van der Waals surface area (Å²) >= 11 is 0. The largest absolute Gasteiger partial charge is 0.453 e. The van der Waals surface area contributed by atoms with Crippen molar-refractivity contribution < 1.29 is 8.83 Å². The zero-order chi connectivity index (χ0) is 35.6. The van der Waals surface area contributed by atoms with Gasteiger partial charge >= 0.3 is 0 Å². The van der Waals surface area contributed by atoms with Gasteiger partial charge in [0.15, 0.2) is 34.2 Å². The second-order valence-electron chi connectivity index (χ2n) is 13.4. The van der Waals surface area contributed by atoms with Crippen LogP contribution in [-0.4, -0.2) is 19.9 Å². The molecule has 0 aliphatic carbocycles. The van der Waals surface area contributed by atoms with E-state index in [4.69, 9.17) is 28.8 Å². The maximum atomic E-state index is 6.83. The van der Waals surface area contributed by atoms with E-state index < -0.39 is 0 Å². The highest BCUT2D eigenvalue weighted by Crippen LogP contribution is 2.42. The van der Waals surface area contributed by atoms with E-state index in [9.17, 15) is 0 Å². The van der Waals surface area contributed by atoms with Gasteiger partial charge in [0.25, 0.3) is 0 Å². The van der Waals surface area contributed by atoms with E-state index in [2.05, 4.69) is 97.1 Å². The summed E-state index contributed by atoms with van der Waals surface area (Å²) in [6.45, 7) is 0. The maximum Gasteiger partial charge on any atom is 0.227 e. The summed E-state index contributed by atoms with van der Waals surface area (Å²) in [4.78, 5) is 20.3. The third-order valence-corrected chi connectivity index (χ3v) is 10.2. The average molecular weight is 693 g/mol. The Morgan fingerprint density at radius 2 is 0.870 bits per heavy atom. The zero-order valence-corrected chi connectivity index (χ0v) is 28.8. The number of oxazole rings is 1. The molecule has 0 saturated carbocycles. The van der Waals surface area contributed by atoms with Crippen LogP contribution in [0.25, 0.3) is 111 Å². The lowest BCUT2D eigenvalue weighted by Crippen LogP contribution is -2.01. The number of aromatic nitrogens is 4. The molecule has 0 aliphatic rings. The normalized spacial score (nSPS) is 11.7. The molecule has 11 aromatic rings. The van der Waals surface area contributed by atoms with Crippen molar-refractivity contribution in [2.24, 2.45) is 0 Å². The molecule has 54 heavy (non-hydrogen) atoms. The van der Waals surface area contributed by atoms with Crippen LogP contribution in [0.2, 0.25) is 0 Å². The van der Waals surface area contributed by atoms with Gasteiger partial charge in [0.2, 0.25) is 5.89 Å². The number of benzene rings is 8. The van der Waals surface area contributed by atoms with Gasteiger partial charge < -0.3 is 8.83 Å². The number of furan rings is 1. The third kappa shape index (κ3) is 4.89. The molecule has 0 aliphatic heterocycles. The average Bonchev–Trinajstić information content (AvgIpc) is 3.87. The molecule has 0 bridgehead atoms. The van der Waals surface area contributed by atoms with Crippen LogP contribution in [0, 0.1) is 0 Å². The molecule has 0 unspecified atom stereocenters. The fourth-order valence-electron chi connectivity index (χ4n) is 7.56. The van der Waals surface area contributed by atoms with Crippen LogP contribution in [0.5, 0.6) is 0 Å². The van der Waals surface area contributed by atoms with Gasteiger partial charge in [-0.25, -0.2) is 19.9 Å². The van der Waals surface area contributed by atoms with E-state index in [0.717, 1.165) is 71.3 Å². The molecule has 0 N–H and O–H groups in total. The predicted molar refractivity (Wildman–Crippen MR) is 217 cm³/mol. The Kier molecular flexibility index (Phi) is 6.75. The summed E-state index contributed by atoms with van der Waals surface area (Å²) in [7, 11) is 0. The van der Waals surface area contributed by atoms with Crippen molar-refractivity contribution in [1.29, 1.82) is 0 Å². The fourth-order valence-corrected chi connectivity index (χ4v) is 7.56. The van der Waals surface area contributed by atoms with E-state index >= 15 is 0 Å². The van der Waals surface area contributed by atoms with Crippen LogP contribution in [-0.2, 0) is 0 Å². The topological polar surface area (TPSA) is 77.8 Å². The highest BCUT2D eigenvalue weighted by molar-refractivity contribution is 6.24. The molecular weight excluding hydrogens is 665 g/mol. The van der Waals surface area contributed by atoms with Gasteiger partial charge in [0, 0.05) is 38.4 Å². The van der Waals surface area contributed by atoms with Crippen molar-refractivity contribution in [3.63, 3.8) is 0 Å². The van der Waals surface area contributed by atoms with Crippen molar-refractivity contribution in [3.8, 4) is 56.7 Å². The molecule has 6 nitrogen and oxygen atoms in total. The van der Waals surface area contributed by atoms with E-state index in [1.165, 1.54) is 0 Å². The lowest BCUT2D eigenvalue weighted by Gasteiger charge is -2.13. The highest BCUT2D eigenvalue weighted by Gasteiger charge is 2.21. The minimum absolute atomic E-state index is 0.561. The molecular formula is C48H28N4O2. The van der Waals surface area contributed by atoms with Crippen LogP contribution in [0.3, 0.4) is 0 Å². The van der Waals surface area contributed by atoms with Crippen molar-refractivity contribution in [1.82, 2.24) is 19.9 Å². The Labute approximate surface area is 309 Å². The van der Waals surface area contributed by atoms with Gasteiger partial charge in [-0.3, -0.25) is 0 Å². The van der Waals surface area contributed by atoms with Gasteiger partial charge in [0.05, 0.1) is 0 Å². The lowest BCUT2D eigenvalue weighted by molar-refractivity contribution is 0.620. The van der Waals surface area contributed by atoms with Crippen LogP contribution in [0.4, 0.5) is 0 Å². The first-order valence-electron chi connectivity index (χ1n) is 17.9. The minimum Gasteiger partial charge on any atom is -0.453 e. The van der Waals surface area contributed by atoms with E-state index in [0.29, 0.717) is 40.0 Å². The van der Waals surface area contributed by atoms with Crippen LogP contribution >= 0.6 is 0 Å². The SMILES string of the molecule is c1ccc(-c2cccc(-c3nc(-c4ccccc4)nc(-c4cc5c(ccc6c7ccc8oc(-c9ccccc9)nc8c7oc56)c5ccccc45)n3)c2)cc1. The smallest absolute Gasteiger partial charge is 0.227 e. The molecule has 0 saturated heterocycles. The van der Waals surface area contributed by atoms with Crippen molar-refractivity contribution in [3.05, 3.63) is 170 Å². The van der Waals surface area contributed by atoms with Crippen molar-refractivity contribution >= 4 is 54.6 Å². The summed E-state index contributed by atoms with van der Waals surface area (Å²) in [6, 6.07) is 57.7.